The summed E-state index contributed by atoms with van der Waals surface area (Å²) in [7, 11) is 0. The molecule has 110 valence electrons. The van der Waals surface area contributed by atoms with Gasteiger partial charge in [0.15, 0.2) is 0 Å². The molecule has 0 spiro atoms. The van der Waals surface area contributed by atoms with Gasteiger partial charge in [-0.15, -0.1) is 0 Å². The first-order chi connectivity index (χ1) is 9.20. The first-order valence-corrected chi connectivity index (χ1v) is 7.93. The number of carboxylic acids is 1. The molecule has 2 atom stereocenters. The highest BCUT2D eigenvalue weighted by Crippen LogP contribution is 2.22. The average Bonchev–Trinajstić information content (AvgIpc) is 3.21. The summed E-state index contributed by atoms with van der Waals surface area (Å²) in [6.45, 7) is 4.32. The largest absolute Gasteiger partial charge is 0.480 e. The van der Waals surface area contributed by atoms with Crippen molar-refractivity contribution >= 4 is 5.97 Å². The molecule has 1 heterocycles. The van der Waals surface area contributed by atoms with Crippen LogP contribution in [0.1, 0.15) is 58.3 Å². The second-order valence-corrected chi connectivity index (χ2v) is 6.07. The van der Waals surface area contributed by atoms with Crippen LogP contribution in [0.25, 0.3) is 0 Å². The zero-order valence-electron chi connectivity index (χ0n) is 12.1. The SMILES string of the molecule is CCC1CCCCCN1CCC(NC1CC1)C(=O)O. The van der Waals surface area contributed by atoms with E-state index >= 15 is 0 Å². The fourth-order valence-electron chi connectivity index (χ4n) is 3.10. The minimum Gasteiger partial charge on any atom is -0.480 e. The molecule has 2 N–H and O–H groups in total. The third kappa shape index (κ3) is 4.77. The van der Waals surface area contributed by atoms with Gasteiger partial charge in [0.05, 0.1) is 0 Å². The smallest absolute Gasteiger partial charge is 0.320 e. The van der Waals surface area contributed by atoms with Gasteiger partial charge in [0.25, 0.3) is 0 Å². The van der Waals surface area contributed by atoms with E-state index in [-0.39, 0.29) is 6.04 Å². The van der Waals surface area contributed by atoms with E-state index < -0.39 is 5.97 Å². The number of nitrogens with one attached hydrogen (secondary N) is 1. The molecule has 2 unspecified atom stereocenters. The zero-order chi connectivity index (χ0) is 13.7. The van der Waals surface area contributed by atoms with Gasteiger partial charge in [0.1, 0.15) is 6.04 Å². The molecule has 0 aromatic carbocycles. The minimum absolute atomic E-state index is 0.353. The van der Waals surface area contributed by atoms with Gasteiger partial charge in [-0.05, 0) is 45.1 Å². The van der Waals surface area contributed by atoms with Crippen molar-refractivity contribution < 1.29 is 9.90 Å². The van der Waals surface area contributed by atoms with Gasteiger partial charge in [-0.2, -0.15) is 0 Å². The van der Waals surface area contributed by atoms with Crippen LogP contribution in [0.15, 0.2) is 0 Å². The summed E-state index contributed by atoms with van der Waals surface area (Å²) >= 11 is 0. The van der Waals surface area contributed by atoms with Gasteiger partial charge in [0, 0.05) is 18.6 Å². The molecule has 1 saturated carbocycles. The fourth-order valence-corrected chi connectivity index (χ4v) is 3.10. The van der Waals surface area contributed by atoms with Crippen LogP contribution >= 0.6 is 0 Å². The normalized spacial score (nSPS) is 26.9. The summed E-state index contributed by atoms with van der Waals surface area (Å²) in [5.74, 6) is -0.685. The molecule has 2 rings (SSSR count). The van der Waals surface area contributed by atoms with E-state index in [9.17, 15) is 9.90 Å². The molecule has 19 heavy (non-hydrogen) atoms. The Bertz CT molecular complexity index is 292. The molecule has 4 heteroatoms. The molecule has 0 radical (unpaired) electrons. The molecule has 0 bridgehead atoms. The van der Waals surface area contributed by atoms with Gasteiger partial charge >= 0.3 is 5.97 Å². The van der Waals surface area contributed by atoms with Gasteiger partial charge in [-0.25, -0.2) is 0 Å². The van der Waals surface area contributed by atoms with Gasteiger partial charge < -0.3 is 15.3 Å². The van der Waals surface area contributed by atoms with Crippen molar-refractivity contribution in [3.05, 3.63) is 0 Å². The van der Waals surface area contributed by atoms with E-state index in [0.29, 0.717) is 12.1 Å². The number of aliphatic carboxylic acids is 1. The van der Waals surface area contributed by atoms with E-state index in [1.54, 1.807) is 0 Å². The monoisotopic (exact) mass is 268 g/mol. The quantitative estimate of drug-likeness (QED) is 0.743. The van der Waals surface area contributed by atoms with Crippen LogP contribution in [-0.4, -0.2) is 47.2 Å². The van der Waals surface area contributed by atoms with Crippen molar-refractivity contribution in [1.82, 2.24) is 10.2 Å². The van der Waals surface area contributed by atoms with Crippen LogP contribution < -0.4 is 5.32 Å². The van der Waals surface area contributed by atoms with Gasteiger partial charge in [-0.3, -0.25) is 4.79 Å². The number of carboxylic acid groups (broad SMARTS) is 1. The maximum absolute atomic E-state index is 11.3. The van der Waals surface area contributed by atoms with Crippen molar-refractivity contribution in [2.75, 3.05) is 13.1 Å². The summed E-state index contributed by atoms with van der Waals surface area (Å²) in [4.78, 5) is 13.8. The summed E-state index contributed by atoms with van der Waals surface area (Å²) in [6.07, 6.45) is 9.42. The Hall–Kier alpha value is -0.610. The lowest BCUT2D eigenvalue weighted by molar-refractivity contribution is -0.139. The predicted octanol–water partition coefficient (Wildman–Crippen LogP) is 2.24. The summed E-state index contributed by atoms with van der Waals surface area (Å²) in [5.41, 5.74) is 0. The third-order valence-electron chi connectivity index (χ3n) is 4.49. The number of carbonyl (C=O) groups is 1. The van der Waals surface area contributed by atoms with Crippen molar-refractivity contribution in [3.63, 3.8) is 0 Å². The van der Waals surface area contributed by atoms with Gasteiger partial charge in [0.2, 0.25) is 0 Å². The van der Waals surface area contributed by atoms with Gasteiger partial charge in [-0.1, -0.05) is 19.8 Å². The highest BCUT2D eigenvalue weighted by Gasteiger charge is 2.29. The maximum atomic E-state index is 11.3. The molecule has 2 aliphatic rings. The van der Waals surface area contributed by atoms with Crippen LogP contribution in [0.5, 0.6) is 0 Å². The standard InChI is InChI=1S/C15H28N2O2/c1-2-13-6-4-3-5-10-17(13)11-9-14(15(18)19)16-12-7-8-12/h12-14,16H,2-11H2,1H3,(H,18,19). The Balaban J connectivity index is 1.81. The summed E-state index contributed by atoms with van der Waals surface area (Å²) < 4.78 is 0. The Morgan fingerprint density at radius 2 is 2.11 bits per heavy atom. The van der Waals surface area contributed by atoms with Crippen LogP contribution in [-0.2, 0) is 4.79 Å². The van der Waals surface area contributed by atoms with E-state index in [2.05, 4.69) is 17.1 Å². The van der Waals surface area contributed by atoms with Crippen molar-refractivity contribution in [2.45, 2.75) is 76.4 Å². The first kappa shape index (κ1) is 14.8. The van der Waals surface area contributed by atoms with Crippen LogP contribution in [0.2, 0.25) is 0 Å². The molecular weight excluding hydrogens is 240 g/mol. The second-order valence-electron chi connectivity index (χ2n) is 6.07. The highest BCUT2D eigenvalue weighted by molar-refractivity contribution is 5.73. The number of hydrogen-bond acceptors (Lipinski definition) is 3. The summed E-state index contributed by atoms with van der Waals surface area (Å²) in [6, 6.07) is 0.776. The molecule has 4 nitrogen and oxygen atoms in total. The minimum atomic E-state index is -0.685. The number of rotatable bonds is 7. The number of nitrogens with zero attached hydrogens (tertiary/aromatic N) is 1. The molecule has 0 aromatic heterocycles. The fraction of sp³-hybridized carbons (Fsp3) is 0.933. The maximum Gasteiger partial charge on any atom is 0.320 e. The zero-order valence-corrected chi connectivity index (χ0v) is 12.1. The molecular formula is C15H28N2O2. The Labute approximate surface area is 116 Å². The van der Waals surface area contributed by atoms with E-state index in [0.717, 1.165) is 32.4 Å². The lowest BCUT2D eigenvalue weighted by Gasteiger charge is -2.30. The molecule has 0 amide bonds. The molecule has 1 aliphatic heterocycles. The van der Waals surface area contributed by atoms with E-state index in [1.807, 2.05) is 0 Å². The van der Waals surface area contributed by atoms with Crippen molar-refractivity contribution in [1.29, 1.82) is 0 Å². The molecule has 0 aromatic rings. The van der Waals surface area contributed by atoms with E-state index in [4.69, 9.17) is 0 Å². The molecule has 1 aliphatic carbocycles. The Morgan fingerprint density at radius 1 is 1.32 bits per heavy atom. The van der Waals surface area contributed by atoms with Crippen molar-refractivity contribution in [3.8, 4) is 0 Å². The molecule has 1 saturated heterocycles. The highest BCUT2D eigenvalue weighted by atomic mass is 16.4. The lowest BCUT2D eigenvalue weighted by Crippen LogP contribution is -2.43. The lowest BCUT2D eigenvalue weighted by atomic mass is 10.1. The first-order valence-electron chi connectivity index (χ1n) is 7.93. The van der Waals surface area contributed by atoms with E-state index in [1.165, 1.54) is 32.1 Å². The van der Waals surface area contributed by atoms with Crippen molar-refractivity contribution in [2.24, 2.45) is 0 Å². The Morgan fingerprint density at radius 3 is 2.74 bits per heavy atom. The topological polar surface area (TPSA) is 52.6 Å². The summed E-state index contributed by atoms with van der Waals surface area (Å²) in [5, 5.41) is 12.5. The number of hydrogen-bond donors (Lipinski definition) is 2. The average molecular weight is 268 g/mol. The Kier molecular flexibility index (Phi) is 5.64. The van der Waals surface area contributed by atoms with Crippen LogP contribution in [0.3, 0.4) is 0 Å². The van der Waals surface area contributed by atoms with Crippen LogP contribution in [0, 0.1) is 0 Å². The second kappa shape index (κ2) is 7.25. The number of likely N-dealkylation sites (tertiary alicyclic amines) is 1. The third-order valence-corrected chi connectivity index (χ3v) is 4.49. The molecule has 2 fully saturated rings. The van der Waals surface area contributed by atoms with Crippen LogP contribution in [0.4, 0.5) is 0 Å². The predicted molar refractivity (Wildman–Crippen MR) is 76.3 cm³/mol.